The van der Waals surface area contributed by atoms with Crippen LogP contribution >= 0.6 is 23.4 Å². The molecule has 0 amide bonds. The zero-order chi connectivity index (χ0) is 16.7. The lowest BCUT2D eigenvalue weighted by molar-refractivity contribution is -0.136. The normalized spacial score (nSPS) is 11.9. The highest BCUT2D eigenvalue weighted by molar-refractivity contribution is 7.99. The van der Waals surface area contributed by atoms with E-state index in [-0.39, 0.29) is 17.5 Å². The van der Waals surface area contributed by atoms with Crippen molar-refractivity contribution in [1.82, 2.24) is 0 Å². The Hall–Kier alpha value is -1.78. The number of carbonyl (C=O) groups excluding carboxylic acids is 1. The van der Waals surface area contributed by atoms with Crippen LogP contribution in [0, 0.1) is 0 Å². The van der Waals surface area contributed by atoms with Gasteiger partial charge in [0.05, 0.1) is 6.42 Å². The molecule has 0 saturated heterocycles. The van der Waals surface area contributed by atoms with Crippen LogP contribution in [0.3, 0.4) is 0 Å². The van der Waals surface area contributed by atoms with E-state index >= 15 is 0 Å². The van der Waals surface area contributed by atoms with Crippen LogP contribution in [-0.2, 0) is 4.79 Å². The third-order valence-corrected chi connectivity index (χ3v) is 4.88. The maximum absolute atomic E-state index is 12.4. The lowest BCUT2D eigenvalue weighted by Gasteiger charge is -2.16. The first-order valence-corrected chi connectivity index (χ1v) is 8.66. The molecule has 1 atom stereocenters. The Labute approximate surface area is 144 Å². The zero-order valence-corrected chi connectivity index (χ0v) is 14.0. The van der Waals surface area contributed by atoms with E-state index in [0.29, 0.717) is 22.8 Å². The molecule has 0 bridgehead atoms. The summed E-state index contributed by atoms with van der Waals surface area (Å²) < 4.78 is 0. The predicted molar refractivity (Wildman–Crippen MR) is 94.3 cm³/mol. The highest BCUT2D eigenvalue weighted by Crippen LogP contribution is 2.34. The molecule has 0 heterocycles. The Balaban J connectivity index is 2.10. The van der Waals surface area contributed by atoms with Gasteiger partial charge in [-0.3, -0.25) is 9.59 Å². The van der Waals surface area contributed by atoms with Crippen LogP contribution in [0.4, 0.5) is 0 Å². The first-order valence-electron chi connectivity index (χ1n) is 7.23. The van der Waals surface area contributed by atoms with Crippen LogP contribution < -0.4 is 0 Å². The molecular formula is C18H17ClO3S. The van der Waals surface area contributed by atoms with Crippen molar-refractivity contribution in [1.29, 1.82) is 0 Å². The number of aliphatic carboxylic acids is 1. The molecule has 0 fully saturated rings. The first kappa shape index (κ1) is 17.6. The van der Waals surface area contributed by atoms with E-state index in [1.165, 1.54) is 11.8 Å². The van der Waals surface area contributed by atoms with E-state index in [4.69, 9.17) is 16.7 Å². The van der Waals surface area contributed by atoms with Crippen LogP contribution in [0.25, 0.3) is 0 Å². The highest BCUT2D eigenvalue weighted by atomic mass is 35.5. The molecule has 2 aromatic rings. The van der Waals surface area contributed by atoms with Gasteiger partial charge in [-0.05, 0) is 17.7 Å². The molecule has 0 spiro atoms. The SMILES string of the molecule is O=C(O)CCS[C@H](CC(=O)c1ccccc1)c1ccc(Cl)cc1. The number of carbonyl (C=O) groups is 2. The summed E-state index contributed by atoms with van der Waals surface area (Å²) in [4.78, 5) is 23.1. The molecule has 0 unspecified atom stereocenters. The molecule has 3 nitrogen and oxygen atoms in total. The third-order valence-electron chi connectivity index (χ3n) is 3.34. The van der Waals surface area contributed by atoms with Crippen molar-refractivity contribution in [3.63, 3.8) is 0 Å². The number of carboxylic acid groups (broad SMARTS) is 1. The van der Waals surface area contributed by atoms with Gasteiger partial charge < -0.3 is 5.11 Å². The molecule has 0 saturated carbocycles. The summed E-state index contributed by atoms with van der Waals surface area (Å²) in [7, 11) is 0. The summed E-state index contributed by atoms with van der Waals surface area (Å²) >= 11 is 7.40. The molecule has 0 aliphatic rings. The first-order chi connectivity index (χ1) is 11.1. The van der Waals surface area contributed by atoms with Gasteiger partial charge in [0, 0.05) is 28.0 Å². The summed E-state index contributed by atoms with van der Waals surface area (Å²) in [6, 6.07) is 16.5. The smallest absolute Gasteiger partial charge is 0.304 e. The molecule has 23 heavy (non-hydrogen) atoms. The van der Waals surface area contributed by atoms with Gasteiger partial charge in [-0.15, -0.1) is 0 Å². The van der Waals surface area contributed by atoms with E-state index in [0.717, 1.165) is 5.56 Å². The van der Waals surface area contributed by atoms with Gasteiger partial charge in [0.25, 0.3) is 0 Å². The molecule has 1 N–H and O–H groups in total. The Kier molecular flexibility index (Phi) is 6.68. The number of ketones is 1. The minimum Gasteiger partial charge on any atom is -0.481 e. The summed E-state index contributed by atoms with van der Waals surface area (Å²) in [5, 5.41) is 9.35. The van der Waals surface area contributed by atoms with Crippen LogP contribution in [-0.4, -0.2) is 22.6 Å². The van der Waals surface area contributed by atoms with Crippen LogP contribution in [0.15, 0.2) is 54.6 Å². The van der Waals surface area contributed by atoms with Crippen molar-refractivity contribution >= 4 is 35.1 Å². The standard InChI is InChI=1S/C18H17ClO3S/c19-15-8-6-14(7-9-15)17(23-11-10-18(21)22)12-16(20)13-4-2-1-3-5-13/h1-9,17H,10-12H2,(H,21,22)/t17-/m1/s1. The fraction of sp³-hybridized carbons (Fsp3) is 0.222. The number of rotatable bonds is 8. The summed E-state index contributed by atoms with van der Waals surface area (Å²) in [6.45, 7) is 0. The Morgan fingerprint density at radius 1 is 1.04 bits per heavy atom. The van der Waals surface area contributed by atoms with E-state index in [1.807, 2.05) is 30.3 Å². The number of halogens is 1. The molecule has 120 valence electrons. The van der Waals surface area contributed by atoms with Crippen molar-refractivity contribution in [2.45, 2.75) is 18.1 Å². The average Bonchev–Trinajstić information content (AvgIpc) is 2.55. The van der Waals surface area contributed by atoms with Gasteiger partial charge >= 0.3 is 5.97 Å². The number of Topliss-reactive ketones (excluding diaryl/α,β-unsaturated/α-hetero) is 1. The maximum Gasteiger partial charge on any atom is 0.304 e. The number of thioether (sulfide) groups is 1. The van der Waals surface area contributed by atoms with Crippen molar-refractivity contribution in [3.8, 4) is 0 Å². The Morgan fingerprint density at radius 3 is 2.30 bits per heavy atom. The number of carboxylic acids is 1. The van der Waals surface area contributed by atoms with Gasteiger partial charge in [-0.25, -0.2) is 0 Å². The van der Waals surface area contributed by atoms with Crippen molar-refractivity contribution in [2.24, 2.45) is 0 Å². The van der Waals surface area contributed by atoms with Crippen LogP contribution in [0.1, 0.15) is 34.0 Å². The van der Waals surface area contributed by atoms with E-state index < -0.39 is 5.97 Å². The Morgan fingerprint density at radius 2 is 1.70 bits per heavy atom. The number of hydrogen-bond donors (Lipinski definition) is 1. The van der Waals surface area contributed by atoms with Crippen molar-refractivity contribution < 1.29 is 14.7 Å². The lowest BCUT2D eigenvalue weighted by Crippen LogP contribution is -2.07. The molecule has 5 heteroatoms. The third kappa shape index (κ3) is 5.73. The minimum absolute atomic E-state index is 0.0494. The van der Waals surface area contributed by atoms with E-state index in [9.17, 15) is 9.59 Å². The fourth-order valence-electron chi connectivity index (χ4n) is 2.15. The van der Waals surface area contributed by atoms with Gasteiger partial charge in [-0.1, -0.05) is 54.1 Å². The average molecular weight is 349 g/mol. The quantitative estimate of drug-likeness (QED) is 0.692. The van der Waals surface area contributed by atoms with Crippen LogP contribution in [0.2, 0.25) is 5.02 Å². The molecule has 2 rings (SSSR count). The Bertz CT molecular complexity index is 656. The molecule has 0 aromatic heterocycles. The molecule has 0 aliphatic carbocycles. The number of hydrogen-bond acceptors (Lipinski definition) is 3. The number of benzene rings is 2. The summed E-state index contributed by atoms with van der Waals surface area (Å²) in [6.07, 6.45) is 0.407. The van der Waals surface area contributed by atoms with E-state index in [1.54, 1.807) is 24.3 Å². The maximum atomic E-state index is 12.4. The van der Waals surface area contributed by atoms with Crippen LogP contribution in [0.5, 0.6) is 0 Å². The lowest BCUT2D eigenvalue weighted by atomic mass is 10.0. The highest BCUT2D eigenvalue weighted by Gasteiger charge is 2.18. The fourth-order valence-corrected chi connectivity index (χ4v) is 3.47. The second kappa shape index (κ2) is 8.75. The predicted octanol–water partition coefficient (Wildman–Crippen LogP) is 4.86. The van der Waals surface area contributed by atoms with Gasteiger partial charge in [0.1, 0.15) is 0 Å². The largest absolute Gasteiger partial charge is 0.481 e. The molecule has 2 aromatic carbocycles. The zero-order valence-electron chi connectivity index (χ0n) is 12.4. The molecule has 0 radical (unpaired) electrons. The summed E-state index contributed by atoms with van der Waals surface area (Å²) in [5.74, 6) is -0.319. The van der Waals surface area contributed by atoms with Gasteiger partial charge in [0.2, 0.25) is 0 Å². The van der Waals surface area contributed by atoms with Crippen molar-refractivity contribution in [2.75, 3.05) is 5.75 Å². The van der Waals surface area contributed by atoms with Gasteiger partial charge in [-0.2, -0.15) is 11.8 Å². The van der Waals surface area contributed by atoms with Gasteiger partial charge in [0.15, 0.2) is 5.78 Å². The second-order valence-electron chi connectivity index (χ2n) is 5.05. The topological polar surface area (TPSA) is 54.4 Å². The summed E-state index contributed by atoms with van der Waals surface area (Å²) in [5.41, 5.74) is 1.65. The molecule has 0 aliphatic heterocycles. The monoisotopic (exact) mass is 348 g/mol. The second-order valence-corrected chi connectivity index (χ2v) is 6.80. The minimum atomic E-state index is -0.832. The molecular weight excluding hydrogens is 332 g/mol. The van der Waals surface area contributed by atoms with E-state index in [2.05, 4.69) is 0 Å². The van der Waals surface area contributed by atoms with Crippen molar-refractivity contribution in [3.05, 3.63) is 70.7 Å².